The second-order valence-electron chi connectivity index (χ2n) is 2.67. The topological polar surface area (TPSA) is 90.1 Å². The van der Waals surface area contributed by atoms with E-state index in [1.54, 1.807) is 14.0 Å². The normalized spacial score (nSPS) is 12.5. The fourth-order valence-corrected chi connectivity index (χ4v) is 0.900. The summed E-state index contributed by atoms with van der Waals surface area (Å²) in [6.07, 6.45) is -1.20. The summed E-state index contributed by atoms with van der Waals surface area (Å²) in [4.78, 5) is 12.3. The summed E-state index contributed by atoms with van der Waals surface area (Å²) in [7, 11) is 1.60. The molecule has 14 heavy (non-hydrogen) atoms. The Kier molecular flexibility index (Phi) is 3.52. The molecule has 1 rings (SSSR count). The van der Waals surface area contributed by atoms with Crippen molar-refractivity contribution in [2.45, 2.75) is 19.4 Å². The molecule has 1 unspecified atom stereocenters. The predicted molar refractivity (Wildman–Crippen MR) is 45.1 cm³/mol. The van der Waals surface area contributed by atoms with Crippen LogP contribution in [-0.4, -0.2) is 44.0 Å². The first-order valence-electron chi connectivity index (χ1n) is 4.21. The van der Waals surface area contributed by atoms with Gasteiger partial charge in [0.2, 0.25) is 0 Å². The number of aliphatic hydroxyl groups excluding tert-OH is 1. The number of aromatic nitrogens is 4. The third-order valence-corrected chi connectivity index (χ3v) is 1.48. The van der Waals surface area contributed by atoms with Crippen molar-refractivity contribution in [3.05, 3.63) is 5.82 Å². The van der Waals surface area contributed by atoms with Gasteiger partial charge in [-0.15, -0.1) is 10.2 Å². The average Bonchev–Trinajstić information content (AvgIpc) is 2.51. The molecule has 0 fully saturated rings. The van der Waals surface area contributed by atoms with Gasteiger partial charge < -0.3 is 9.84 Å². The molecule has 0 aliphatic heterocycles. The summed E-state index contributed by atoms with van der Waals surface area (Å²) < 4.78 is 4.61. The summed E-state index contributed by atoms with van der Waals surface area (Å²) in [5.41, 5.74) is 0. The minimum atomic E-state index is -1.22. The second-order valence-corrected chi connectivity index (χ2v) is 2.67. The van der Waals surface area contributed by atoms with Crippen LogP contribution in [0.25, 0.3) is 0 Å². The minimum Gasteiger partial charge on any atom is -0.464 e. The van der Waals surface area contributed by atoms with Gasteiger partial charge in [0.15, 0.2) is 11.9 Å². The lowest BCUT2D eigenvalue weighted by molar-refractivity contribution is -0.152. The van der Waals surface area contributed by atoms with E-state index in [-0.39, 0.29) is 13.0 Å². The zero-order valence-electron chi connectivity index (χ0n) is 8.04. The lowest BCUT2D eigenvalue weighted by Crippen LogP contribution is -2.25. The summed E-state index contributed by atoms with van der Waals surface area (Å²) >= 11 is 0. The van der Waals surface area contributed by atoms with Crippen LogP contribution in [0.5, 0.6) is 0 Å². The molecule has 0 saturated carbocycles. The van der Waals surface area contributed by atoms with Gasteiger partial charge in [-0.25, -0.2) is 4.79 Å². The number of hydrogen-bond donors (Lipinski definition) is 1. The van der Waals surface area contributed by atoms with Crippen LogP contribution < -0.4 is 0 Å². The van der Waals surface area contributed by atoms with Crippen LogP contribution in [0.15, 0.2) is 0 Å². The zero-order chi connectivity index (χ0) is 10.6. The first-order chi connectivity index (χ1) is 6.63. The maximum absolute atomic E-state index is 11.0. The van der Waals surface area contributed by atoms with E-state index in [1.807, 2.05) is 0 Å². The van der Waals surface area contributed by atoms with Crippen molar-refractivity contribution in [2.24, 2.45) is 7.05 Å². The Bertz CT molecular complexity index is 312. The van der Waals surface area contributed by atoms with E-state index in [0.29, 0.717) is 5.82 Å². The van der Waals surface area contributed by atoms with Crippen LogP contribution in [0.2, 0.25) is 0 Å². The lowest BCUT2D eigenvalue weighted by Gasteiger charge is -2.06. The average molecular weight is 200 g/mol. The molecule has 0 bridgehead atoms. The van der Waals surface area contributed by atoms with E-state index < -0.39 is 12.1 Å². The Morgan fingerprint density at radius 2 is 2.43 bits per heavy atom. The van der Waals surface area contributed by atoms with Crippen molar-refractivity contribution < 1.29 is 14.6 Å². The highest BCUT2D eigenvalue weighted by atomic mass is 16.5. The monoisotopic (exact) mass is 200 g/mol. The number of nitrogens with zero attached hydrogens (tertiary/aromatic N) is 4. The maximum Gasteiger partial charge on any atom is 0.335 e. The SMILES string of the molecule is CCOC(=O)C(O)Cc1nnn(C)n1. The molecule has 1 aromatic heterocycles. The Morgan fingerprint density at radius 1 is 1.71 bits per heavy atom. The fourth-order valence-electron chi connectivity index (χ4n) is 0.900. The zero-order valence-corrected chi connectivity index (χ0v) is 8.04. The maximum atomic E-state index is 11.0. The molecule has 0 aliphatic carbocycles. The molecule has 0 amide bonds. The second kappa shape index (κ2) is 4.66. The third kappa shape index (κ3) is 2.77. The van der Waals surface area contributed by atoms with E-state index in [4.69, 9.17) is 0 Å². The molecular weight excluding hydrogens is 188 g/mol. The van der Waals surface area contributed by atoms with Gasteiger partial charge in [-0.05, 0) is 12.1 Å². The van der Waals surface area contributed by atoms with Gasteiger partial charge in [0.25, 0.3) is 0 Å². The number of tetrazole rings is 1. The van der Waals surface area contributed by atoms with Gasteiger partial charge in [0.05, 0.1) is 13.7 Å². The molecule has 1 aromatic rings. The highest BCUT2D eigenvalue weighted by Crippen LogP contribution is 1.97. The van der Waals surface area contributed by atoms with Gasteiger partial charge >= 0.3 is 5.97 Å². The van der Waals surface area contributed by atoms with Crippen LogP contribution in [0.1, 0.15) is 12.7 Å². The standard InChI is InChI=1S/C7H12N4O3/c1-3-14-7(13)5(12)4-6-8-10-11(2)9-6/h5,12H,3-4H2,1-2H3. The van der Waals surface area contributed by atoms with E-state index >= 15 is 0 Å². The van der Waals surface area contributed by atoms with Gasteiger partial charge in [0, 0.05) is 6.42 Å². The Hall–Kier alpha value is -1.50. The molecule has 0 aliphatic rings. The van der Waals surface area contributed by atoms with Crippen molar-refractivity contribution in [3.63, 3.8) is 0 Å². The van der Waals surface area contributed by atoms with E-state index in [0.717, 1.165) is 0 Å². The predicted octanol–water partition coefficient (Wildman–Crippen LogP) is -1.32. The Labute approximate surface area is 80.7 Å². The molecule has 0 radical (unpaired) electrons. The molecular formula is C7H12N4O3. The highest BCUT2D eigenvalue weighted by Gasteiger charge is 2.18. The van der Waals surface area contributed by atoms with Crippen molar-refractivity contribution >= 4 is 5.97 Å². The van der Waals surface area contributed by atoms with Crippen LogP contribution >= 0.6 is 0 Å². The molecule has 0 spiro atoms. The number of aryl methyl sites for hydroxylation is 1. The quantitative estimate of drug-likeness (QED) is 0.606. The first kappa shape index (κ1) is 10.6. The van der Waals surface area contributed by atoms with Crippen molar-refractivity contribution in [3.8, 4) is 0 Å². The molecule has 7 heteroatoms. The molecule has 1 heterocycles. The Balaban J connectivity index is 2.48. The van der Waals surface area contributed by atoms with Crippen LogP contribution in [0.4, 0.5) is 0 Å². The molecule has 1 N–H and O–H groups in total. The number of hydrogen-bond acceptors (Lipinski definition) is 6. The largest absolute Gasteiger partial charge is 0.464 e. The minimum absolute atomic E-state index is 0.0205. The summed E-state index contributed by atoms with van der Waals surface area (Å²) in [6, 6.07) is 0. The van der Waals surface area contributed by atoms with E-state index in [1.165, 1.54) is 4.80 Å². The number of carbonyl (C=O) groups is 1. The molecule has 0 saturated heterocycles. The fraction of sp³-hybridized carbons (Fsp3) is 0.714. The summed E-state index contributed by atoms with van der Waals surface area (Å²) in [5.74, 6) is -0.354. The number of rotatable bonds is 4. The summed E-state index contributed by atoms with van der Waals surface area (Å²) in [5, 5.41) is 20.3. The van der Waals surface area contributed by atoms with Crippen molar-refractivity contribution in [1.29, 1.82) is 0 Å². The molecule has 0 aromatic carbocycles. The highest BCUT2D eigenvalue weighted by molar-refractivity contribution is 5.74. The smallest absolute Gasteiger partial charge is 0.335 e. The first-order valence-corrected chi connectivity index (χ1v) is 4.21. The molecule has 1 atom stereocenters. The van der Waals surface area contributed by atoms with Gasteiger partial charge in [0.1, 0.15) is 0 Å². The number of esters is 1. The summed E-state index contributed by atoms with van der Waals surface area (Å²) in [6.45, 7) is 1.91. The lowest BCUT2D eigenvalue weighted by atomic mass is 10.2. The number of carbonyl (C=O) groups excluding carboxylic acids is 1. The van der Waals surface area contributed by atoms with Crippen LogP contribution in [-0.2, 0) is 23.0 Å². The van der Waals surface area contributed by atoms with Gasteiger partial charge in [-0.3, -0.25) is 0 Å². The molecule has 7 nitrogen and oxygen atoms in total. The van der Waals surface area contributed by atoms with Crippen LogP contribution in [0.3, 0.4) is 0 Å². The third-order valence-electron chi connectivity index (χ3n) is 1.48. The van der Waals surface area contributed by atoms with Crippen molar-refractivity contribution in [2.75, 3.05) is 6.61 Å². The van der Waals surface area contributed by atoms with Gasteiger partial charge in [-0.1, -0.05) is 0 Å². The molecule has 78 valence electrons. The van der Waals surface area contributed by atoms with E-state index in [2.05, 4.69) is 20.1 Å². The van der Waals surface area contributed by atoms with Crippen LogP contribution in [0, 0.1) is 0 Å². The Morgan fingerprint density at radius 3 is 2.93 bits per heavy atom. The number of ether oxygens (including phenoxy) is 1. The van der Waals surface area contributed by atoms with Gasteiger partial charge in [-0.2, -0.15) is 4.80 Å². The van der Waals surface area contributed by atoms with Crippen molar-refractivity contribution in [1.82, 2.24) is 20.2 Å². The number of aliphatic hydroxyl groups is 1. The van der Waals surface area contributed by atoms with E-state index in [9.17, 15) is 9.90 Å².